The Hall–Kier alpha value is -0.0800. The van der Waals surface area contributed by atoms with Crippen LogP contribution in [0.3, 0.4) is 0 Å². The van der Waals surface area contributed by atoms with Crippen molar-refractivity contribution in [3.63, 3.8) is 0 Å². The zero-order valence-electron chi connectivity index (χ0n) is 12.6. The van der Waals surface area contributed by atoms with Gasteiger partial charge in [0.2, 0.25) is 0 Å². The third kappa shape index (κ3) is 3.71. The van der Waals surface area contributed by atoms with E-state index in [1.165, 1.54) is 58.3 Å². The molecule has 1 aliphatic heterocycles. The highest BCUT2D eigenvalue weighted by molar-refractivity contribution is 4.86. The Bertz CT molecular complexity index is 239. The van der Waals surface area contributed by atoms with Gasteiger partial charge < -0.3 is 5.32 Å². The van der Waals surface area contributed by atoms with E-state index in [-0.39, 0.29) is 0 Å². The Morgan fingerprint density at radius 1 is 1.11 bits per heavy atom. The van der Waals surface area contributed by atoms with Crippen LogP contribution >= 0.6 is 0 Å². The molecule has 0 amide bonds. The van der Waals surface area contributed by atoms with Crippen molar-refractivity contribution in [1.82, 2.24) is 10.2 Å². The Kier molecular flexibility index (Phi) is 5.50. The summed E-state index contributed by atoms with van der Waals surface area (Å²) < 4.78 is 0. The summed E-state index contributed by atoms with van der Waals surface area (Å²) in [5.41, 5.74) is 0. The van der Waals surface area contributed by atoms with Gasteiger partial charge in [-0.3, -0.25) is 4.90 Å². The van der Waals surface area contributed by atoms with Gasteiger partial charge in [0.15, 0.2) is 0 Å². The summed E-state index contributed by atoms with van der Waals surface area (Å²) in [5.74, 6) is 2.60. The van der Waals surface area contributed by atoms with Gasteiger partial charge in [0.25, 0.3) is 0 Å². The van der Waals surface area contributed by atoms with E-state index in [0.717, 1.165) is 23.8 Å². The average molecular weight is 252 g/mol. The third-order valence-electron chi connectivity index (χ3n) is 4.94. The van der Waals surface area contributed by atoms with Crippen LogP contribution in [-0.4, -0.2) is 37.1 Å². The zero-order chi connectivity index (χ0) is 13.0. The lowest BCUT2D eigenvalue weighted by Gasteiger charge is -2.43. The topological polar surface area (TPSA) is 15.3 Å². The van der Waals surface area contributed by atoms with Gasteiger partial charge in [0.05, 0.1) is 0 Å². The van der Waals surface area contributed by atoms with Crippen molar-refractivity contribution in [2.75, 3.05) is 26.2 Å². The lowest BCUT2D eigenvalue weighted by Crippen LogP contribution is -2.49. The highest BCUT2D eigenvalue weighted by Gasteiger charge is 2.32. The molecule has 2 fully saturated rings. The van der Waals surface area contributed by atoms with Crippen LogP contribution in [0.2, 0.25) is 0 Å². The second-order valence-corrected chi connectivity index (χ2v) is 6.92. The van der Waals surface area contributed by atoms with Gasteiger partial charge in [-0.15, -0.1) is 0 Å². The van der Waals surface area contributed by atoms with Crippen LogP contribution in [0, 0.1) is 17.8 Å². The van der Waals surface area contributed by atoms with Crippen molar-refractivity contribution in [1.29, 1.82) is 0 Å². The summed E-state index contributed by atoms with van der Waals surface area (Å²) in [7, 11) is 0. The monoisotopic (exact) mass is 252 g/mol. The second kappa shape index (κ2) is 6.91. The van der Waals surface area contributed by atoms with E-state index < -0.39 is 0 Å². The summed E-state index contributed by atoms with van der Waals surface area (Å²) in [6, 6.07) is 0.874. The molecule has 2 nitrogen and oxygen atoms in total. The normalized spacial score (nSPS) is 36.3. The zero-order valence-corrected chi connectivity index (χ0v) is 12.6. The van der Waals surface area contributed by atoms with E-state index >= 15 is 0 Å². The summed E-state index contributed by atoms with van der Waals surface area (Å²) in [5, 5.41) is 3.57. The summed E-state index contributed by atoms with van der Waals surface area (Å²) in [4.78, 5) is 2.84. The van der Waals surface area contributed by atoms with Gasteiger partial charge >= 0.3 is 0 Å². The fourth-order valence-corrected chi connectivity index (χ4v) is 3.98. The maximum atomic E-state index is 3.57. The molecule has 18 heavy (non-hydrogen) atoms. The number of nitrogens with zero attached hydrogens (tertiary/aromatic N) is 1. The van der Waals surface area contributed by atoms with Crippen molar-refractivity contribution in [3.8, 4) is 0 Å². The van der Waals surface area contributed by atoms with Crippen LogP contribution in [0.5, 0.6) is 0 Å². The van der Waals surface area contributed by atoms with Crippen LogP contribution in [-0.2, 0) is 0 Å². The molecule has 3 atom stereocenters. The first-order valence-electron chi connectivity index (χ1n) is 8.13. The van der Waals surface area contributed by atoms with Gasteiger partial charge in [-0.25, -0.2) is 0 Å². The van der Waals surface area contributed by atoms with Gasteiger partial charge in [-0.05, 0) is 56.7 Å². The molecule has 2 heteroatoms. The predicted octanol–water partition coefficient (Wildman–Crippen LogP) is 3.13. The SMILES string of the molecule is CC1CNCCCN(C2CCCCC2C(C)C)C1. The molecule has 106 valence electrons. The van der Waals surface area contributed by atoms with E-state index in [0.29, 0.717) is 0 Å². The molecule has 1 saturated carbocycles. The lowest BCUT2D eigenvalue weighted by molar-refractivity contribution is 0.0619. The Morgan fingerprint density at radius 2 is 1.89 bits per heavy atom. The number of hydrogen-bond acceptors (Lipinski definition) is 2. The maximum Gasteiger partial charge on any atom is 0.0126 e. The van der Waals surface area contributed by atoms with Crippen molar-refractivity contribution < 1.29 is 0 Å². The van der Waals surface area contributed by atoms with Gasteiger partial charge in [0.1, 0.15) is 0 Å². The summed E-state index contributed by atoms with van der Waals surface area (Å²) in [6.07, 6.45) is 7.16. The first-order valence-corrected chi connectivity index (χ1v) is 8.13. The smallest absolute Gasteiger partial charge is 0.0126 e. The molecule has 0 bridgehead atoms. The van der Waals surface area contributed by atoms with Crippen LogP contribution in [0.1, 0.15) is 52.9 Å². The first-order chi connectivity index (χ1) is 8.68. The van der Waals surface area contributed by atoms with Gasteiger partial charge in [0, 0.05) is 12.6 Å². The summed E-state index contributed by atoms with van der Waals surface area (Å²) >= 11 is 0. The van der Waals surface area contributed by atoms with Crippen molar-refractivity contribution in [3.05, 3.63) is 0 Å². The van der Waals surface area contributed by atoms with Crippen molar-refractivity contribution >= 4 is 0 Å². The van der Waals surface area contributed by atoms with E-state index in [9.17, 15) is 0 Å². The average Bonchev–Trinajstić information content (AvgIpc) is 2.33. The Labute approximate surface area is 114 Å². The molecule has 0 radical (unpaired) electrons. The fourth-order valence-electron chi connectivity index (χ4n) is 3.98. The molecule has 0 spiro atoms. The molecule has 1 aliphatic carbocycles. The minimum Gasteiger partial charge on any atom is -0.316 e. The lowest BCUT2D eigenvalue weighted by atomic mass is 9.76. The highest BCUT2D eigenvalue weighted by atomic mass is 15.2. The minimum absolute atomic E-state index is 0.806. The molecule has 2 aliphatic rings. The standard InChI is InChI=1S/C16H32N2/c1-13(2)15-7-4-5-8-16(15)18-10-6-9-17-11-14(3)12-18/h13-17H,4-12H2,1-3H3. The van der Waals surface area contributed by atoms with Gasteiger partial charge in [-0.2, -0.15) is 0 Å². The van der Waals surface area contributed by atoms with E-state index in [1.54, 1.807) is 0 Å². The van der Waals surface area contributed by atoms with E-state index in [1.807, 2.05) is 0 Å². The van der Waals surface area contributed by atoms with Crippen LogP contribution < -0.4 is 5.32 Å². The van der Waals surface area contributed by atoms with E-state index in [4.69, 9.17) is 0 Å². The second-order valence-electron chi connectivity index (χ2n) is 6.92. The Balaban J connectivity index is 2.00. The minimum atomic E-state index is 0.806. The van der Waals surface area contributed by atoms with Crippen molar-refractivity contribution in [2.45, 2.75) is 58.9 Å². The Morgan fingerprint density at radius 3 is 2.67 bits per heavy atom. The molecular formula is C16H32N2. The number of hydrogen-bond donors (Lipinski definition) is 1. The number of nitrogens with one attached hydrogen (secondary N) is 1. The third-order valence-corrected chi connectivity index (χ3v) is 4.94. The molecule has 3 unspecified atom stereocenters. The molecule has 1 N–H and O–H groups in total. The molecular weight excluding hydrogens is 220 g/mol. The number of rotatable bonds is 2. The fraction of sp³-hybridized carbons (Fsp3) is 1.00. The molecule has 0 aromatic rings. The van der Waals surface area contributed by atoms with Crippen LogP contribution in [0.15, 0.2) is 0 Å². The molecule has 0 aromatic heterocycles. The molecule has 0 aromatic carbocycles. The molecule has 1 heterocycles. The quantitative estimate of drug-likeness (QED) is 0.812. The molecule has 1 saturated heterocycles. The highest BCUT2D eigenvalue weighted by Crippen LogP contribution is 2.34. The van der Waals surface area contributed by atoms with Crippen LogP contribution in [0.4, 0.5) is 0 Å². The first kappa shape index (κ1) is 14.3. The van der Waals surface area contributed by atoms with Gasteiger partial charge in [-0.1, -0.05) is 33.6 Å². The summed E-state index contributed by atoms with van der Waals surface area (Å²) in [6.45, 7) is 12.3. The van der Waals surface area contributed by atoms with Crippen LogP contribution in [0.25, 0.3) is 0 Å². The van der Waals surface area contributed by atoms with E-state index in [2.05, 4.69) is 31.0 Å². The molecule has 2 rings (SSSR count). The van der Waals surface area contributed by atoms with Crippen molar-refractivity contribution in [2.24, 2.45) is 17.8 Å². The predicted molar refractivity (Wildman–Crippen MR) is 78.8 cm³/mol. The maximum absolute atomic E-state index is 3.57. The largest absolute Gasteiger partial charge is 0.316 e.